The number of aromatic nitrogens is 2. The van der Waals surface area contributed by atoms with Crippen molar-refractivity contribution in [2.75, 3.05) is 0 Å². The minimum absolute atomic E-state index is 0.0937. The van der Waals surface area contributed by atoms with Crippen molar-refractivity contribution in [1.82, 2.24) is 15.1 Å². The van der Waals surface area contributed by atoms with Crippen molar-refractivity contribution in [3.05, 3.63) is 52.8 Å². The molecule has 1 heterocycles. The van der Waals surface area contributed by atoms with E-state index in [1.54, 1.807) is 0 Å². The van der Waals surface area contributed by atoms with Gasteiger partial charge in [0.1, 0.15) is 0 Å². The molecule has 0 saturated heterocycles. The SMILES string of the molecule is CCc1nn(C)cc1CNCc1cccc(CO)c1. The number of aliphatic hydroxyl groups excluding tert-OH is 1. The predicted molar refractivity (Wildman–Crippen MR) is 75.5 cm³/mol. The lowest BCUT2D eigenvalue weighted by atomic mass is 10.1. The van der Waals surface area contributed by atoms with Crippen LogP contribution in [0.25, 0.3) is 0 Å². The molecule has 0 radical (unpaired) electrons. The van der Waals surface area contributed by atoms with Crippen molar-refractivity contribution in [1.29, 1.82) is 0 Å². The highest BCUT2D eigenvalue weighted by molar-refractivity contribution is 5.23. The van der Waals surface area contributed by atoms with E-state index in [4.69, 9.17) is 5.11 Å². The maximum absolute atomic E-state index is 9.11. The van der Waals surface area contributed by atoms with Crippen LogP contribution in [-0.4, -0.2) is 14.9 Å². The van der Waals surface area contributed by atoms with Crippen LogP contribution in [0.15, 0.2) is 30.5 Å². The summed E-state index contributed by atoms with van der Waals surface area (Å²) < 4.78 is 1.86. The molecule has 102 valence electrons. The second-order valence-electron chi connectivity index (χ2n) is 4.71. The minimum Gasteiger partial charge on any atom is -0.392 e. The van der Waals surface area contributed by atoms with Gasteiger partial charge in [-0.3, -0.25) is 4.68 Å². The molecule has 2 aromatic rings. The third-order valence-corrected chi connectivity index (χ3v) is 3.15. The molecule has 0 amide bonds. The topological polar surface area (TPSA) is 50.1 Å². The molecule has 0 aliphatic carbocycles. The molecule has 0 unspecified atom stereocenters. The van der Waals surface area contributed by atoms with Crippen LogP contribution in [0, 0.1) is 0 Å². The Bertz CT molecular complexity index is 534. The van der Waals surface area contributed by atoms with Crippen LogP contribution >= 0.6 is 0 Å². The van der Waals surface area contributed by atoms with Gasteiger partial charge in [0, 0.05) is 31.9 Å². The van der Waals surface area contributed by atoms with Crippen molar-refractivity contribution in [3.8, 4) is 0 Å². The van der Waals surface area contributed by atoms with Crippen LogP contribution in [0.3, 0.4) is 0 Å². The highest BCUT2D eigenvalue weighted by Crippen LogP contribution is 2.08. The van der Waals surface area contributed by atoms with E-state index in [9.17, 15) is 0 Å². The van der Waals surface area contributed by atoms with Crippen LogP contribution in [0.4, 0.5) is 0 Å². The smallest absolute Gasteiger partial charge is 0.0681 e. The molecular weight excluding hydrogens is 238 g/mol. The second kappa shape index (κ2) is 6.50. The summed E-state index contributed by atoms with van der Waals surface area (Å²) in [5, 5.41) is 17.0. The van der Waals surface area contributed by atoms with Gasteiger partial charge in [0.2, 0.25) is 0 Å². The van der Waals surface area contributed by atoms with Gasteiger partial charge in [-0.15, -0.1) is 0 Å². The number of rotatable bonds is 6. The van der Waals surface area contributed by atoms with Crippen LogP contribution in [0.1, 0.15) is 29.3 Å². The van der Waals surface area contributed by atoms with Gasteiger partial charge >= 0.3 is 0 Å². The molecule has 19 heavy (non-hydrogen) atoms. The number of nitrogens with one attached hydrogen (secondary N) is 1. The average Bonchev–Trinajstić information content (AvgIpc) is 2.79. The molecule has 2 rings (SSSR count). The van der Waals surface area contributed by atoms with Gasteiger partial charge in [0.25, 0.3) is 0 Å². The van der Waals surface area contributed by atoms with Crippen molar-refractivity contribution < 1.29 is 5.11 Å². The van der Waals surface area contributed by atoms with E-state index in [0.29, 0.717) is 0 Å². The molecule has 4 heteroatoms. The zero-order chi connectivity index (χ0) is 13.7. The molecule has 1 aromatic heterocycles. The summed E-state index contributed by atoms with van der Waals surface area (Å²) in [5.74, 6) is 0. The van der Waals surface area contributed by atoms with E-state index in [1.807, 2.05) is 29.9 Å². The minimum atomic E-state index is 0.0937. The van der Waals surface area contributed by atoms with Crippen LogP contribution in [0.2, 0.25) is 0 Å². The van der Waals surface area contributed by atoms with Crippen LogP contribution in [-0.2, 0) is 33.2 Å². The summed E-state index contributed by atoms with van der Waals surface area (Å²) in [5.41, 5.74) is 4.55. The highest BCUT2D eigenvalue weighted by Gasteiger charge is 2.05. The van der Waals surface area contributed by atoms with Crippen molar-refractivity contribution in [3.63, 3.8) is 0 Å². The van der Waals surface area contributed by atoms with E-state index in [0.717, 1.165) is 30.8 Å². The Morgan fingerprint density at radius 3 is 2.79 bits per heavy atom. The van der Waals surface area contributed by atoms with Gasteiger partial charge in [0.15, 0.2) is 0 Å². The Labute approximate surface area is 114 Å². The molecule has 0 bridgehead atoms. The number of nitrogens with zero attached hydrogens (tertiary/aromatic N) is 2. The van der Waals surface area contributed by atoms with E-state index < -0.39 is 0 Å². The molecule has 0 saturated carbocycles. The summed E-state index contributed by atoms with van der Waals surface area (Å²) in [7, 11) is 1.95. The maximum Gasteiger partial charge on any atom is 0.0681 e. The number of benzene rings is 1. The van der Waals surface area contributed by atoms with Gasteiger partial charge in [0.05, 0.1) is 12.3 Å². The monoisotopic (exact) mass is 259 g/mol. The average molecular weight is 259 g/mol. The number of aliphatic hydroxyl groups is 1. The molecule has 0 aliphatic heterocycles. The quantitative estimate of drug-likeness (QED) is 0.831. The van der Waals surface area contributed by atoms with E-state index in [-0.39, 0.29) is 6.61 Å². The number of hydrogen-bond acceptors (Lipinski definition) is 3. The fraction of sp³-hybridized carbons (Fsp3) is 0.400. The number of aryl methyl sites for hydroxylation is 2. The first kappa shape index (κ1) is 13.8. The lowest BCUT2D eigenvalue weighted by molar-refractivity contribution is 0.281. The summed E-state index contributed by atoms with van der Waals surface area (Å²) in [6.45, 7) is 3.83. The fourth-order valence-electron chi connectivity index (χ4n) is 2.21. The molecule has 0 fully saturated rings. The molecule has 0 aliphatic rings. The molecule has 4 nitrogen and oxygen atoms in total. The van der Waals surface area contributed by atoms with Crippen molar-refractivity contribution in [2.24, 2.45) is 7.05 Å². The van der Waals surface area contributed by atoms with E-state index in [1.165, 1.54) is 11.1 Å². The van der Waals surface area contributed by atoms with Crippen LogP contribution in [0.5, 0.6) is 0 Å². The molecule has 2 N–H and O–H groups in total. The lowest BCUT2D eigenvalue weighted by Crippen LogP contribution is -2.13. The van der Waals surface area contributed by atoms with Gasteiger partial charge in [-0.25, -0.2) is 0 Å². The first-order chi connectivity index (χ1) is 9.22. The third-order valence-electron chi connectivity index (χ3n) is 3.15. The third kappa shape index (κ3) is 3.66. The summed E-state index contributed by atoms with van der Waals surface area (Å²) in [6.07, 6.45) is 3.02. The van der Waals surface area contributed by atoms with Gasteiger partial charge in [-0.2, -0.15) is 5.10 Å². The van der Waals surface area contributed by atoms with E-state index in [2.05, 4.69) is 29.6 Å². The van der Waals surface area contributed by atoms with E-state index >= 15 is 0 Å². The molecule has 1 aromatic carbocycles. The Kier molecular flexibility index (Phi) is 4.71. The zero-order valence-corrected chi connectivity index (χ0v) is 11.6. The molecule has 0 spiro atoms. The fourth-order valence-corrected chi connectivity index (χ4v) is 2.21. The first-order valence-corrected chi connectivity index (χ1v) is 6.63. The Hall–Kier alpha value is -1.65. The van der Waals surface area contributed by atoms with Crippen LogP contribution < -0.4 is 5.32 Å². The standard InChI is InChI=1S/C15H21N3O/c1-3-15-14(10-18(2)17-15)9-16-8-12-5-4-6-13(7-12)11-19/h4-7,10,16,19H,3,8-9,11H2,1-2H3. The van der Waals surface area contributed by atoms with Crippen molar-refractivity contribution in [2.45, 2.75) is 33.0 Å². The normalized spacial score (nSPS) is 10.9. The summed E-state index contributed by atoms with van der Waals surface area (Å²) in [6, 6.07) is 8.00. The Balaban J connectivity index is 1.92. The lowest BCUT2D eigenvalue weighted by Gasteiger charge is -2.06. The van der Waals surface area contributed by atoms with Gasteiger partial charge in [-0.05, 0) is 17.5 Å². The van der Waals surface area contributed by atoms with Gasteiger partial charge < -0.3 is 10.4 Å². The largest absolute Gasteiger partial charge is 0.392 e. The summed E-state index contributed by atoms with van der Waals surface area (Å²) >= 11 is 0. The molecular formula is C15H21N3O. The Morgan fingerprint density at radius 2 is 2.05 bits per heavy atom. The Morgan fingerprint density at radius 1 is 1.26 bits per heavy atom. The number of hydrogen-bond donors (Lipinski definition) is 2. The predicted octanol–water partition coefficient (Wildman–Crippen LogP) is 1.76. The highest BCUT2D eigenvalue weighted by atomic mass is 16.3. The molecule has 0 atom stereocenters. The first-order valence-electron chi connectivity index (χ1n) is 6.63. The maximum atomic E-state index is 9.11. The summed E-state index contributed by atoms with van der Waals surface area (Å²) in [4.78, 5) is 0. The zero-order valence-electron chi connectivity index (χ0n) is 11.6. The van der Waals surface area contributed by atoms with Crippen molar-refractivity contribution >= 4 is 0 Å². The second-order valence-corrected chi connectivity index (χ2v) is 4.71. The van der Waals surface area contributed by atoms with Gasteiger partial charge in [-0.1, -0.05) is 31.2 Å².